The number of thiophene rings is 1. The number of nitrogens with zero attached hydrogens (tertiary/aromatic N) is 3. The lowest BCUT2D eigenvalue weighted by atomic mass is 9.98. The molecule has 0 spiro atoms. The minimum absolute atomic E-state index is 0.0434. The Bertz CT molecular complexity index is 1180. The zero-order chi connectivity index (χ0) is 22.5. The lowest BCUT2D eigenvalue weighted by molar-refractivity contribution is -0.113. The molecule has 0 bridgehead atoms. The number of rotatable bonds is 8. The van der Waals surface area contributed by atoms with E-state index < -0.39 is 0 Å². The monoisotopic (exact) mass is 462 g/mol. The number of thioether (sulfide) groups is 1. The first-order valence-electron chi connectivity index (χ1n) is 10.6. The van der Waals surface area contributed by atoms with E-state index in [1.54, 1.807) is 11.3 Å². The molecule has 32 heavy (non-hydrogen) atoms. The summed E-state index contributed by atoms with van der Waals surface area (Å²) in [6.45, 7) is 6.95. The van der Waals surface area contributed by atoms with Gasteiger partial charge in [-0.25, -0.2) is 0 Å². The zero-order valence-corrected chi connectivity index (χ0v) is 20.0. The number of hydrogen-bond donors (Lipinski definition) is 1. The van der Waals surface area contributed by atoms with E-state index in [0.29, 0.717) is 12.5 Å². The van der Waals surface area contributed by atoms with Gasteiger partial charge in [-0.2, -0.15) is 0 Å². The van der Waals surface area contributed by atoms with E-state index in [2.05, 4.69) is 52.1 Å². The molecule has 1 amide bonds. The van der Waals surface area contributed by atoms with E-state index in [9.17, 15) is 4.79 Å². The molecular weight excluding hydrogens is 436 g/mol. The zero-order valence-electron chi connectivity index (χ0n) is 18.4. The van der Waals surface area contributed by atoms with Crippen LogP contribution in [0.4, 0.5) is 5.69 Å². The summed E-state index contributed by atoms with van der Waals surface area (Å²) in [6.07, 6.45) is 0. The van der Waals surface area contributed by atoms with Gasteiger partial charge in [-0.15, -0.1) is 21.5 Å². The Labute approximate surface area is 196 Å². The molecule has 2 heterocycles. The smallest absolute Gasteiger partial charge is 0.234 e. The number of nitrogens with one attached hydrogen (secondary N) is 1. The van der Waals surface area contributed by atoms with Crippen molar-refractivity contribution in [2.24, 2.45) is 0 Å². The van der Waals surface area contributed by atoms with Crippen molar-refractivity contribution >= 4 is 34.7 Å². The predicted octanol–water partition coefficient (Wildman–Crippen LogP) is 6.22. The summed E-state index contributed by atoms with van der Waals surface area (Å²) >= 11 is 3.05. The maximum Gasteiger partial charge on any atom is 0.234 e. The number of anilines is 1. The third-order valence-corrected chi connectivity index (χ3v) is 7.00. The Morgan fingerprint density at radius 3 is 2.59 bits per heavy atom. The molecule has 0 saturated heterocycles. The summed E-state index contributed by atoms with van der Waals surface area (Å²) < 4.78 is 2.09. The van der Waals surface area contributed by atoms with Crippen LogP contribution >= 0.6 is 23.1 Å². The summed E-state index contributed by atoms with van der Waals surface area (Å²) in [5.41, 5.74) is 4.30. The van der Waals surface area contributed by atoms with Crippen molar-refractivity contribution in [1.29, 1.82) is 0 Å². The van der Waals surface area contributed by atoms with Gasteiger partial charge in [0.1, 0.15) is 0 Å². The molecule has 0 atom stereocenters. The second-order valence-corrected chi connectivity index (χ2v) is 9.78. The topological polar surface area (TPSA) is 59.8 Å². The first kappa shape index (κ1) is 22.3. The minimum atomic E-state index is -0.0434. The fraction of sp³-hybridized carbons (Fsp3) is 0.240. The SMILES string of the molecule is Cc1cccc(C(C)C)c1NC(=O)CSc1nnc(-c2cccs2)n1Cc1ccccc1. The van der Waals surface area contributed by atoms with Gasteiger partial charge < -0.3 is 5.32 Å². The Kier molecular flexibility index (Phi) is 7.07. The molecular formula is C25H26N4OS2. The molecule has 0 saturated carbocycles. The first-order chi connectivity index (χ1) is 15.5. The van der Waals surface area contributed by atoms with Crippen LogP contribution in [0.5, 0.6) is 0 Å². The van der Waals surface area contributed by atoms with E-state index in [-0.39, 0.29) is 11.7 Å². The number of benzene rings is 2. The van der Waals surface area contributed by atoms with Gasteiger partial charge in [0.05, 0.1) is 17.2 Å². The summed E-state index contributed by atoms with van der Waals surface area (Å²) in [5, 5.41) is 14.7. The van der Waals surface area contributed by atoms with Crippen LogP contribution < -0.4 is 5.32 Å². The highest BCUT2D eigenvalue weighted by atomic mass is 32.2. The van der Waals surface area contributed by atoms with Crippen LogP contribution in [0.15, 0.2) is 71.2 Å². The molecule has 164 valence electrons. The number of carbonyl (C=O) groups is 1. The van der Waals surface area contributed by atoms with Crippen molar-refractivity contribution in [1.82, 2.24) is 14.8 Å². The molecule has 7 heteroatoms. The largest absolute Gasteiger partial charge is 0.325 e. The highest BCUT2D eigenvalue weighted by molar-refractivity contribution is 7.99. The molecule has 0 aliphatic carbocycles. The van der Waals surface area contributed by atoms with Crippen LogP contribution in [0.3, 0.4) is 0 Å². The van der Waals surface area contributed by atoms with Crippen molar-refractivity contribution in [2.75, 3.05) is 11.1 Å². The van der Waals surface area contributed by atoms with Crippen LogP contribution in [0, 0.1) is 6.92 Å². The van der Waals surface area contributed by atoms with Gasteiger partial charge >= 0.3 is 0 Å². The van der Waals surface area contributed by atoms with Crippen molar-refractivity contribution in [3.8, 4) is 10.7 Å². The molecule has 5 nitrogen and oxygen atoms in total. The van der Waals surface area contributed by atoms with Crippen molar-refractivity contribution in [2.45, 2.75) is 38.4 Å². The molecule has 0 aliphatic rings. The molecule has 1 N–H and O–H groups in total. The van der Waals surface area contributed by atoms with E-state index >= 15 is 0 Å². The molecule has 2 aromatic heterocycles. The summed E-state index contributed by atoms with van der Waals surface area (Å²) in [4.78, 5) is 13.9. The normalized spacial score (nSPS) is 11.1. The maximum atomic E-state index is 12.8. The van der Waals surface area contributed by atoms with Gasteiger partial charge in [0, 0.05) is 5.69 Å². The van der Waals surface area contributed by atoms with Crippen LogP contribution in [0.1, 0.15) is 36.5 Å². The van der Waals surface area contributed by atoms with Crippen LogP contribution in [-0.4, -0.2) is 26.4 Å². The Hall–Kier alpha value is -2.90. The van der Waals surface area contributed by atoms with Crippen molar-refractivity contribution in [3.63, 3.8) is 0 Å². The van der Waals surface area contributed by atoms with E-state index in [1.807, 2.05) is 54.8 Å². The number of hydrogen-bond acceptors (Lipinski definition) is 5. The molecule has 0 unspecified atom stereocenters. The quantitative estimate of drug-likeness (QED) is 0.316. The lowest BCUT2D eigenvalue weighted by Crippen LogP contribution is -2.17. The number of carbonyl (C=O) groups excluding carboxylic acids is 1. The standard InChI is InChI=1S/C25H26N4OS2/c1-17(2)20-12-7-9-18(3)23(20)26-22(30)16-32-25-28-27-24(21-13-8-14-31-21)29(25)15-19-10-5-4-6-11-19/h4-14,17H,15-16H2,1-3H3,(H,26,30). The van der Waals surface area contributed by atoms with E-state index in [4.69, 9.17) is 0 Å². The Morgan fingerprint density at radius 2 is 1.88 bits per heavy atom. The fourth-order valence-corrected chi connectivity index (χ4v) is 5.00. The van der Waals surface area contributed by atoms with E-state index in [1.165, 1.54) is 11.8 Å². The van der Waals surface area contributed by atoms with Gasteiger partial charge in [0.25, 0.3) is 0 Å². The molecule has 2 aromatic carbocycles. The van der Waals surface area contributed by atoms with Gasteiger partial charge in [0.15, 0.2) is 11.0 Å². The van der Waals surface area contributed by atoms with Crippen molar-refractivity contribution in [3.05, 3.63) is 82.7 Å². The third kappa shape index (κ3) is 5.11. The summed E-state index contributed by atoms with van der Waals surface area (Å²) in [7, 11) is 0. The van der Waals surface area contributed by atoms with Gasteiger partial charge in [-0.05, 0) is 41.0 Å². The highest BCUT2D eigenvalue weighted by Gasteiger charge is 2.18. The Morgan fingerprint density at radius 1 is 1.06 bits per heavy atom. The number of amides is 1. The third-order valence-electron chi connectivity index (χ3n) is 5.17. The minimum Gasteiger partial charge on any atom is -0.325 e. The number of para-hydroxylation sites is 1. The second kappa shape index (κ2) is 10.1. The summed E-state index contributed by atoms with van der Waals surface area (Å²) in [5.74, 6) is 1.38. The lowest BCUT2D eigenvalue weighted by Gasteiger charge is -2.16. The molecule has 0 fully saturated rings. The van der Waals surface area contributed by atoms with Gasteiger partial charge in [-0.1, -0.05) is 80.2 Å². The first-order valence-corrected chi connectivity index (χ1v) is 12.4. The Balaban J connectivity index is 1.53. The molecule has 4 aromatic rings. The molecule has 0 aliphatic heterocycles. The van der Waals surface area contributed by atoms with Crippen LogP contribution in [0.2, 0.25) is 0 Å². The second-order valence-electron chi connectivity index (χ2n) is 7.89. The highest BCUT2D eigenvalue weighted by Crippen LogP contribution is 2.30. The van der Waals surface area contributed by atoms with Crippen LogP contribution in [0.25, 0.3) is 10.7 Å². The van der Waals surface area contributed by atoms with Gasteiger partial charge in [0.2, 0.25) is 5.91 Å². The summed E-state index contributed by atoms with van der Waals surface area (Å²) in [6, 6.07) is 20.4. The van der Waals surface area contributed by atoms with E-state index in [0.717, 1.165) is 38.2 Å². The number of aromatic nitrogens is 3. The fourth-order valence-electron chi connectivity index (χ4n) is 3.54. The average Bonchev–Trinajstić information content (AvgIpc) is 3.44. The molecule has 4 rings (SSSR count). The van der Waals surface area contributed by atoms with Crippen molar-refractivity contribution < 1.29 is 4.79 Å². The predicted molar refractivity (Wildman–Crippen MR) is 134 cm³/mol. The van der Waals surface area contributed by atoms with Crippen LogP contribution in [-0.2, 0) is 11.3 Å². The van der Waals surface area contributed by atoms with Gasteiger partial charge in [-0.3, -0.25) is 9.36 Å². The average molecular weight is 463 g/mol. The number of aryl methyl sites for hydroxylation is 1. The maximum absolute atomic E-state index is 12.8. The molecule has 0 radical (unpaired) electrons.